The van der Waals surface area contributed by atoms with E-state index >= 15 is 0 Å². The second kappa shape index (κ2) is 9.77. The summed E-state index contributed by atoms with van der Waals surface area (Å²) in [5.74, 6) is 1.24. The van der Waals surface area contributed by atoms with Crippen molar-refractivity contribution in [3.63, 3.8) is 0 Å². The minimum absolute atomic E-state index is 0.0572. The first kappa shape index (κ1) is 22.5. The molecule has 0 spiro atoms. The Morgan fingerprint density at radius 1 is 1.10 bits per heavy atom. The third-order valence-electron chi connectivity index (χ3n) is 6.03. The standard InChI is InChI=1S/C25H33N5O/c1-17-11-21(13-24(12-17)22-5-4-6-23(14-22)25(27)28)16-30(19(3)31)15-20-7-9-29(10-8-20)18(2)26/h4-6,11-14,20,26H,7-10,15-16H2,1-3H3,(H3,27,28). The van der Waals surface area contributed by atoms with Crippen LogP contribution in [0.4, 0.5) is 0 Å². The molecule has 0 radical (unpaired) electrons. The number of carbonyl (C=O) groups excluding carboxylic acids is 1. The van der Waals surface area contributed by atoms with Crippen molar-refractivity contribution in [3.8, 4) is 11.1 Å². The van der Waals surface area contributed by atoms with Crippen molar-refractivity contribution in [3.05, 3.63) is 59.2 Å². The second-order valence-corrected chi connectivity index (χ2v) is 8.62. The lowest BCUT2D eigenvalue weighted by Crippen LogP contribution is -2.41. The van der Waals surface area contributed by atoms with Crippen LogP contribution < -0.4 is 5.73 Å². The number of nitrogens with two attached hydrogens (primary N) is 1. The van der Waals surface area contributed by atoms with Gasteiger partial charge in [-0.2, -0.15) is 0 Å². The van der Waals surface area contributed by atoms with Crippen LogP contribution in [0, 0.1) is 23.7 Å². The number of carbonyl (C=O) groups is 1. The Labute approximate surface area is 185 Å². The molecular weight excluding hydrogens is 386 g/mol. The summed E-state index contributed by atoms with van der Waals surface area (Å²) in [7, 11) is 0. The summed E-state index contributed by atoms with van der Waals surface area (Å²) in [6.07, 6.45) is 2.02. The first-order valence-electron chi connectivity index (χ1n) is 10.8. The SMILES string of the molecule is CC(=N)N1CCC(CN(Cc2cc(C)cc(-c3cccc(C(=N)N)c3)c2)C(C)=O)CC1. The van der Waals surface area contributed by atoms with Crippen LogP contribution in [-0.2, 0) is 11.3 Å². The number of nitrogens with one attached hydrogen (secondary N) is 2. The molecule has 0 atom stereocenters. The van der Waals surface area contributed by atoms with E-state index in [2.05, 4.69) is 30.0 Å². The minimum atomic E-state index is 0.0572. The van der Waals surface area contributed by atoms with E-state index in [0.717, 1.165) is 54.7 Å². The molecule has 0 bridgehead atoms. The molecule has 6 nitrogen and oxygen atoms in total. The number of nitrogens with zero attached hydrogens (tertiary/aromatic N) is 2. The number of rotatable bonds is 6. The van der Waals surface area contributed by atoms with Gasteiger partial charge in [-0.05, 0) is 61.4 Å². The molecule has 1 amide bonds. The lowest BCUT2D eigenvalue weighted by molar-refractivity contribution is -0.130. The van der Waals surface area contributed by atoms with E-state index in [4.69, 9.17) is 16.6 Å². The number of aryl methyl sites for hydroxylation is 1. The Kier molecular flexibility index (Phi) is 7.10. The van der Waals surface area contributed by atoms with Crippen molar-refractivity contribution in [1.82, 2.24) is 9.80 Å². The van der Waals surface area contributed by atoms with Crippen LogP contribution in [0.1, 0.15) is 43.4 Å². The maximum absolute atomic E-state index is 12.4. The van der Waals surface area contributed by atoms with Gasteiger partial charge in [0.25, 0.3) is 0 Å². The number of nitrogen functional groups attached to an aromatic ring is 1. The third kappa shape index (κ3) is 5.94. The average molecular weight is 420 g/mol. The zero-order valence-electron chi connectivity index (χ0n) is 18.7. The molecule has 0 saturated carbocycles. The van der Waals surface area contributed by atoms with Crippen LogP contribution >= 0.6 is 0 Å². The Bertz CT molecular complexity index is 976. The number of hydrogen-bond acceptors (Lipinski definition) is 3. The van der Waals surface area contributed by atoms with Gasteiger partial charge in [0, 0.05) is 38.7 Å². The highest BCUT2D eigenvalue weighted by Crippen LogP contribution is 2.25. The molecular formula is C25H33N5O. The van der Waals surface area contributed by atoms with E-state index in [1.165, 1.54) is 0 Å². The summed E-state index contributed by atoms with van der Waals surface area (Å²) in [6, 6.07) is 14.1. The first-order chi connectivity index (χ1) is 14.7. The Morgan fingerprint density at radius 3 is 2.42 bits per heavy atom. The fourth-order valence-electron chi connectivity index (χ4n) is 4.27. The summed E-state index contributed by atoms with van der Waals surface area (Å²) < 4.78 is 0. The number of hydrogen-bond donors (Lipinski definition) is 3. The van der Waals surface area contributed by atoms with Crippen molar-refractivity contribution in [1.29, 1.82) is 10.8 Å². The minimum Gasteiger partial charge on any atom is -0.384 e. The van der Waals surface area contributed by atoms with Crippen LogP contribution in [0.3, 0.4) is 0 Å². The van der Waals surface area contributed by atoms with Gasteiger partial charge >= 0.3 is 0 Å². The van der Waals surface area contributed by atoms with E-state index in [0.29, 0.717) is 23.9 Å². The quantitative estimate of drug-likeness (QED) is 0.487. The molecule has 0 aromatic heterocycles. The maximum Gasteiger partial charge on any atom is 0.219 e. The zero-order chi connectivity index (χ0) is 22.5. The summed E-state index contributed by atoms with van der Waals surface area (Å²) >= 11 is 0. The van der Waals surface area contributed by atoms with E-state index in [1.54, 1.807) is 6.92 Å². The molecule has 31 heavy (non-hydrogen) atoms. The van der Waals surface area contributed by atoms with Crippen molar-refractivity contribution >= 4 is 17.6 Å². The molecule has 1 heterocycles. The summed E-state index contributed by atoms with van der Waals surface area (Å²) in [4.78, 5) is 16.5. The molecule has 6 heteroatoms. The molecule has 164 valence electrons. The van der Waals surface area contributed by atoms with Gasteiger partial charge in [0.1, 0.15) is 5.84 Å². The van der Waals surface area contributed by atoms with Gasteiger partial charge in [0.2, 0.25) is 5.91 Å². The van der Waals surface area contributed by atoms with Gasteiger partial charge in [0.15, 0.2) is 0 Å². The molecule has 3 rings (SSSR count). The average Bonchev–Trinajstić information content (AvgIpc) is 2.73. The van der Waals surface area contributed by atoms with Gasteiger partial charge in [-0.1, -0.05) is 35.9 Å². The molecule has 1 aliphatic heterocycles. The highest BCUT2D eigenvalue weighted by Gasteiger charge is 2.23. The summed E-state index contributed by atoms with van der Waals surface area (Å²) in [5.41, 5.74) is 10.7. The zero-order valence-corrected chi connectivity index (χ0v) is 18.7. The van der Waals surface area contributed by atoms with Crippen molar-refractivity contribution in [2.24, 2.45) is 11.7 Å². The second-order valence-electron chi connectivity index (χ2n) is 8.62. The van der Waals surface area contributed by atoms with Gasteiger partial charge in [-0.3, -0.25) is 15.6 Å². The smallest absolute Gasteiger partial charge is 0.219 e. The van der Waals surface area contributed by atoms with Crippen molar-refractivity contribution in [2.75, 3.05) is 19.6 Å². The monoisotopic (exact) mass is 419 g/mol. The molecule has 2 aromatic carbocycles. The van der Waals surface area contributed by atoms with E-state index in [-0.39, 0.29) is 11.7 Å². The molecule has 1 saturated heterocycles. The van der Waals surface area contributed by atoms with Crippen LogP contribution in [0.15, 0.2) is 42.5 Å². The fourth-order valence-corrected chi connectivity index (χ4v) is 4.27. The number of amidine groups is 2. The first-order valence-corrected chi connectivity index (χ1v) is 10.8. The number of piperidine rings is 1. The maximum atomic E-state index is 12.4. The van der Waals surface area contributed by atoms with Gasteiger partial charge in [-0.15, -0.1) is 0 Å². The fraction of sp³-hybridized carbons (Fsp3) is 0.400. The molecule has 0 unspecified atom stereocenters. The van der Waals surface area contributed by atoms with Crippen LogP contribution in [0.5, 0.6) is 0 Å². The van der Waals surface area contributed by atoms with E-state index < -0.39 is 0 Å². The molecule has 1 aliphatic rings. The largest absolute Gasteiger partial charge is 0.384 e. The number of likely N-dealkylation sites (tertiary alicyclic amines) is 1. The number of amides is 1. The lowest BCUT2D eigenvalue weighted by atomic mass is 9.95. The van der Waals surface area contributed by atoms with Gasteiger partial charge in [0.05, 0.1) is 5.84 Å². The summed E-state index contributed by atoms with van der Waals surface area (Å²) in [6.45, 7) is 8.67. The Hall–Kier alpha value is -3.15. The molecule has 4 N–H and O–H groups in total. The van der Waals surface area contributed by atoms with E-state index in [1.807, 2.05) is 36.1 Å². The highest BCUT2D eigenvalue weighted by atomic mass is 16.2. The molecule has 1 fully saturated rings. The molecule has 0 aliphatic carbocycles. The Morgan fingerprint density at radius 2 is 1.81 bits per heavy atom. The topological polar surface area (TPSA) is 97.3 Å². The molecule has 2 aromatic rings. The van der Waals surface area contributed by atoms with Gasteiger partial charge < -0.3 is 15.5 Å². The predicted molar refractivity (Wildman–Crippen MR) is 126 cm³/mol. The number of benzene rings is 2. The van der Waals surface area contributed by atoms with Crippen LogP contribution in [0.2, 0.25) is 0 Å². The van der Waals surface area contributed by atoms with Crippen LogP contribution in [-0.4, -0.2) is 47.0 Å². The predicted octanol–water partition coefficient (Wildman–Crippen LogP) is 4.00. The van der Waals surface area contributed by atoms with Crippen molar-refractivity contribution in [2.45, 2.75) is 40.2 Å². The van der Waals surface area contributed by atoms with Crippen molar-refractivity contribution < 1.29 is 4.79 Å². The Balaban J connectivity index is 1.75. The van der Waals surface area contributed by atoms with Gasteiger partial charge in [-0.25, -0.2) is 0 Å². The third-order valence-corrected chi connectivity index (χ3v) is 6.03. The lowest BCUT2D eigenvalue weighted by Gasteiger charge is -2.35. The van der Waals surface area contributed by atoms with E-state index in [9.17, 15) is 4.79 Å². The van der Waals surface area contributed by atoms with Crippen LogP contribution in [0.25, 0.3) is 11.1 Å². The summed E-state index contributed by atoms with van der Waals surface area (Å²) in [5, 5.41) is 15.5. The normalized spacial score (nSPS) is 14.4. The highest BCUT2D eigenvalue weighted by molar-refractivity contribution is 5.96.